The minimum atomic E-state index is -0.788. The molecule has 4 unspecified atom stereocenters. The maximum Gasteiger partial charge on any atom is 0.408 e. The predicted octanol–water partition coefficient (Wildman–Crippen LogP) is 5.44. The highest BCUT2D eigenvalue weighted by molar-refractivity contribution is 5.92. The molecule has 0 saturated heterocycles. The van der Waals surface area contributed by atoms with Gasteiger partial charge in [-0.15, -0.1) is 0 Å². The predicted molar refractivity (Wildman–Crippen MR) is 144 cm³/mol. The van der Waals surface area contributed by atoms with Crippen molar-refractivity contribution in [1.29, 1.82) is 0 Å². The van der Waals surface area contributed by atoms with E-state index in [-0.39, 0.29) is 29.7 Å². The van der Waals surface area contributed by atoms with Gasteiger partial charge in [0.2, 0.25) is 11.8 Å². The van der Waals surface area contributed by atoms with Crippen molar-refractivity contribution in [2.45, 2.75) is 112 Å². The summed E-state index contributed by atoms with van der Waals surface area (Å²) in [5.41, 5.74) is 2.20. The molecule has 1 aromatic carbocycles. The monoisotopic (exact) mass is 501 g/mol. The van der Waals surface area contributed by atoms with Gasteiger partial charge in [-0.1, -0.05) is 63.4 Å². The van der Waals surface area contributed by atoms with Crippen molar-refractivity contribution in [1.82, 2.24) is 15.5 Å². The molecule has 7 heteroatoms. The number of carbonyl (C=O) groups is 3. The SMILES string of the molecule is CCCCNC(=O)C(c1cc(C)cc(C)c1)N(C(=O)C(CC(C)C)NC(=O)OC(C)(C)C)C1CC1C. The van der Waals surface area contributed by atoms with E-state index in [1.165, 1.54) is 0 Å². The van der Waals surface area contributed by atoms with Crippen LogP contribution in [0, 0.1) is 25.7 Å². The lowest BCUT2D eigenvalue weighted by Crippen LogP contribution is -2.54. The van der Waals surface area contributed by atoms with Crippen LogP contribution < -0.4 is 10.6 Å². The van der Waals surface area contributed by atoms with E-state index >= 15 is 0 Å². The molecule has 1 saturated carbocycles. The molecule has 1 aliphatic rings. The van der Waals surface area contributed by atoms with Crippen LogP contribution in [0.1, 0.15) is 96.9 Å². The Kier molecular flexibility index (Phi) is 10.4. The minimum absolute atomic E-state index is 0.0599. The van der Waals surface area contributed by atoms with Crippen molar-refractivity contribution in [2.75, 3.05) is 6.54 Å². The van der Waals surface area contributed by atoms with E-state index in [1.807, 2.05) is 39.8 Å². The van der Waals surface area contributed by atoms with Crippen LogP contribution in [-0.2, 0) is 14.3 Å². The van der Waals surface area contributed by atoms with Crippen molar-refractivity contribution in [2.24, 2.45) is 11.8 Å². The standard InChI is InChI=1S/C29H47N3O4/c1-10-11-12-30-26(33)25(22-15-19(4)14-20(5)16-22)32(24-17-21(24)6)27(34)23(13-18(2)3)31-28(35)36-29(7,8)9/h14-16,18,21,23-25H,10-13,17H2,1-9H3,(H,30,33)(H,31,35). The summed E-state index contributed by atoms with van der Waals surface area (Å²) in [6.45, 7) is 18.1. The molecule has 0 radical (unpaired) electrons. The smallest absolute Gasteiger partial charge is 0.408 e. The topological polar surface area (TPSA) is 87.7 Å². The second-order valence-corrected chi connectivity index (χ2v) is 11.8. The van der Waals surface area contributed by atoms with Gasteiger partial charge in [0, 0.05) is 12.6 Å². The number of rotatable bonds is 11. The highest BCUT2D eigenvalue weighted by Gasteiger charge is 2.48. The molecule has 0 heterocycles. The Balaban J connectivity index is 2.50. The fraction of sp³-hybridized carbons (Fsp3) is 0.690. The molecule has 1 aromatic rings. The molecule has 0 bridgehead atoms. The molecule has 7 nitrogen and oxygen atoms in total. The maximum atomic E-state index is 14.2. The molecule has 2 rings (SSSR count). The van der Waals surface area contributed by atoms with Crippen molar-refractivity contribution >= 4 is 17.9 Å². The van der Waals surface area contributed by atoms with Gasteiger partial charge in [0.05, 0.1) is 0 Å². The van der Waals surface area contributed by atoms with E-state index in [0.29, 0.717) is 13.0 Å². The molecular formula is C29H47N3O4. The Labute approximate surface area is 217 Å². The molecule has 3 amide bonds. The number of unbranched alkanes of at least 4 members (excludes halogenated alkanes) is 1. The molecule has 0 aliphatic heterocycles. The number of nitrogens with zero attached hydrogens (tertiary/aromatic N) is 1. The van der Waals surface area contributed by atoms with Gasteiger partial charge < -0.3 is 20.3 Å². The summed E-state index contributed by atoms with van der Waals surface area (Å²) in [6, 6.07) is 4.43. The first kappa shape index (κ1) is 29.7. The highest BCUT2D eigenvalue weighted by atomic mass is 16.6. The lowest BCUT2D eigenvalue weighted by atomic mass is 9.96. The lowest BCUT2D eigenvalue weighted by Gasteiger charge is -2.35. The third-order valence-electron chi connectivity index (χ3n) is 6.29. The van der Waals surface area contributed by atoms with E-state index in [1.54, 1.807) is 25.7 Å². The number of aryl methyl sites for hydroxylation is 2. The summed E-state index contributed by atoms with van der Waals surface area (Å²) in [7, 11) is 0. The number of benzene rings is 1. The molecule has 1 aliphatic carbocycles. The fourth-order valence-electron chi connectivity index (χ4n) is 4.59. The Hall–Kier alpha value is -2.57. The number of hydrogen-bond donors (Lipinski definition) is 2. The Morgan fingerprint density at radius 1 is 1.11 bits per heavy atom. The molecule has 202 valence electrons. The first-order valence-corrected chi connectivity index (χ1v) is 13.4. The number of amides is 3. The summed E-state index contributed by atoms with van der Waals surface area (Å²) in [6.07, 6.45) is 2.49. The van der Waals surface area contributed by atoms with Crippen LogP contribution in [0.2, 0.25) is 0 Å². The van der Waals surface area contributed by atoms with Crippen molar-refractivity contribution < 1.29 is 19.1 Å². The van der Waals surface area contributed by atoms with Crippen LogP contribution >= 0.6 is 0 Å². The quantitative estimate of drug-likeness (QED) is 0.395. The second kappa shape index (κ2) is 12.6. The summed E-state index contributed by atoms with van der Waals surface area (Å²) in [5.74, 6) is 0.0256. The van der Waals surface area contributed by atoms with Crippen LogP contribution in [0.25, 0.3) is 0 Å². The number of alkyl carbamates (subject to hydrolysis) is 1. The molecule has 4 atom stereocenters. The van der Waals surface area contributed by atoms with Gasteiger partial charge in [0.25, 0.3) is 0 Å². The average Bonchev–Trinajstić information content (AvgIpc) is 3.44. The number of ether oxygens (including phenoxy) is 1. The van der Waals surface area contributed by atoms with Crippen LogP contribution in [0.3, 0.4) is 0 Å². The molecular weight excluding hydrogens is 454 g/mol. The van der Waals surface area contributed by atoms with E-state index in [9.17, 15) is 14.4 Å². The van der Waals surface area contributed by atoms with E-state index in [2.05, 4.69) is 30.5 Å². The van der Waals surface area contributed by atoms with Gasteiger partial charge in [-0.3, -0.25) is 9.59 Å². The normalized spacial score (nSPS) is 18.8. The Bertz CT molecular complexity index is 901. The summed E-state index contributed by atoms with van der Waals surface area (Å²) in [5, 5.41) is 5.88. The van der Waals surface area contributed by atoms with Gasteiger partial charge in [0.15, 0.2) is 0 Å². The van der Waals surface area contributed by atoms with Gasteiger partial charge in [-0.05, 0) is 71.3 Å². The zero-order valence-electron chi connectivity index (χ0n) is 23.7. The summed E-state index contributed by atoms with van der Waals surface area (Å²) >= 11 is 0. The molecule has 36 heavy (non-hydrogen) atoms. The van der Waals surface area contributed by atoms with Crippen molar-refractivity contribution in [3.05, 3.63) is 34.9 Å². The summed E-state index contributed by atoms with van der Waals surface area (Å²) < 4.78 is 5.47. The van der Waals surface area contributed by atoms with E-state index in [0.717, 1.165) is 36.0 Å². The van der Waals surface area contributed by atoms with Gasteiger partial charge in [-0.25, -0.2) is 4.79 Å². The highest BCUT2D eigenvalue weighted by Crippen LogP contribution is 2.41. The third kappa shape index (κ3) is 8.82. The van der Waals surface area contributed by atoms with Crippen LogP contribution in [0.4, 0.5) is 4.79 Å². The van der Waals surface area contributed by atoms with Crippen LogP contribution in [0.15, 0.2) is 18.2 Å². The van der Waals surface area contributed by atoms with E-state index in [4.69, 9.17) is 4.74 Å². The largest absolute Gasteiger partial charge is 0.444 e. The number of carbonyl (C=O) groups excluding carboxylic acids is 3. The molecule has 0 spiro atoms. The van der Waals surface area contributed by atoms with E-state index < -0.39 is 23.8 Å². The summed E-state index contributed by atoms with van der Waals surface area (Å²) in [4.78, 5) is 42.3. The van der Waals surface area contributed by atoms with Crippen molar-refractivity contribution in [3.8, 4) is 0 Å². The van der Waals surface area contributed by atoms with Crippen LogP contribution in [-0.4, -0.2) is 47.0 Å². The second-order valence-electron chi connectivity index (χ2n) is 11.8. The first-order chi connectivity index (χ1) is 16.7. The van der Waals surface area contributed by atoms with Gasteiger partial charge >= 0.3 is 6.09 Å². The van der Waals surface area contributed by atoms with Gasteiger partial charge in [0.1, 0.15) is 17.7 Å². The average molecular weight is 502 g/mol. The molecule has 1 fully saturated rings. The van der Waals surface area contributed by atoms with Crippen LogP contribution in [0.5, 0.6) is 0 Å². The molecule has 0 aromatic heterocycles. The number of hydrogen-bond acceptors (Lipinski definition) is 4. The maximum absolute atomic E-state index is 14.2. The zero-order valence-corrected chi connectivity index (χ0v) is 23.7. The van der Waals surface area contributed by atoms with Crippen molar-refractivity contribution in [3.63, 3.8) is 0 Å². The zero-order chi connectivity index (χ0) is 27.2. The Morgan fingerprint density at radius 2 is 1.69 bits per heavy atom. The first-order valence-electron chi connectivity index (χ1n) is 13.4. The molecule has 2 N–H and O–H groups in total. The fourth-order valence-corrected chi connectivity index (χ4v) is 4.59. The lowest BCUT2D eigenvalue weighted by molar-refractivity contribution is -0.143. The number of nitrogens with one attached hydrogen (secondary N) is 2. The Morgan fingerprint density at radius 3 is 2.17 bits per heavy atom. The third-order valence-corrected chi connectivity index (χ3v) is 6.29. The minimum Gasteiger partial charge on any atom is -0.444 e. The van der Waals surface area contributed by atoms with Gasteiger partial charge in [-0.2, -0.15) is 0 Å².